The Bertz CT molecular complexity index is 1140. The van der Waals surface area contributed by atoms with Crippen LogP contribution in [0.15, 0.2) is 35.5 Å². The van der Waals surface area contributed by atoms with Crippen molar-refractivity contribution in [3.05, 3.63) is 51.5 Å². The SMILES string of the molecule is O=c1cc(CN2CC[C@@H]3CN(c4ncnc5sc(CC(F)(F)F)cc45)C[C@@H]3C2)cc[nH]1. The third-order valence-corrected chi connectivity index (χ3v) is 7.21. The van der Waals surface area contributed by atoms with Gasteiger partial charge in [0.2, 0.25) is 5.56 Å². The number of hydrogen-bond donors (Lipinski definition) is 1. The van der Waals surface area contributed by atoms with Gasteiger partial charge in [-0.2, -0.15) is 13.2 Å². The summed E-state index contributed by atoms with van der Waals surface area (Å²) in [7, 11) is 0. The summed E-state index contributed by atoms with van der Waals surface area (Å²) in [6, 6.07) is 5.17. The zero-order valence-electron chi connectivity index (χ0n) is 16.7. The zero-order chi connectivity index (χ0) is 21.6. The molecule has 0 unspecified atom stereocenters. The molecule has 3 aromatic rings. The van der Waals surface area contributed by atoms with Gasteiger partial charge in [-0.25, -0.2) is 9.97 Å². The molecule has 1 N–H and O–H groups in total. The molecular weight excluding hydrogens is 427 g/mol. The molecular formula is C21H22F3N5OS. The molecule has 0 aliphatic carbocycles. The summed E-state index contributed by atoms with van der Waals surface area (Å²) in [5, 5.41) is 0.714. The van der Waals surface area contributed by atoms with Crippen LogP contribution in [-0.2, 0) is 13.0 Å². The van der Waals surface area contributed by atoms with Crippen molar-refractivity contribution >= 4 is 27.4 Å². The molecule has 2 aliphatic heterocycles. The van der Waals surface area contributed by atoms with Crippen LogP contribution in [0.25, 0.3) is 10.2 Å². The highest BCUT2D eigenvalue weighted by Gasteiger charge is 2.38. The van der Waals surface area contributed by atoms with Crippen molar-refractivity contribution in [1.82, 2.24) is 19.9 Å². The number of thiophene rings is 1. The Morgan fingerprint density at radius 1 is 1.16 bits per heavy atom. The highest BCUT2D eigenvalue weighted by atomic mass is 32.1. The standard InChI is InChI=1S/C21H22F3N5OS/c22-21(23,24)7-16-6-17-19(26-12-27-20(17)31-16)29-10-14-2-4-28(9-15(14)11-29)8-13-1-3-25-18(30)5-13/h1,3,5-6,12,14-15H,2,4,7-11H2,(H,25,30)/t14-,15+/m1/s1. The van der Waals surface area contributed by atoms with E-state index in [1.54, 1.807) is 18.3 Å². The number of anilines is 1. The Labute approximate surface area is 180 Å². The van der Waals surface area contributed by atoms with Gasteiger partial charge in [0.1, 0.15) is 17.0 Å². The van der Waals surface area contributed by atoms with Gasteiger partial charge < -0.3 is 9.88 Å². The molecule has 5 rings (SSSR count). The van der Waals surface area contributed by atoms with Gasteiger partial charge in [0.25, 0.3) is 0 Å². The molecule has 10 heteroatoms. The maximum atomic E-state index is 12.8. The largest absolute Gasteiger partial charge is 0.393 e. The number of aromatic amines is 1. The molecule has 6 nitrogen and oxygen atoms in total. The van der Waals surface area contributed by atoms with E-state index in [0.717, 1.165) is 61.9 Å². The van der Waals surface area contributed by atoms with Crippen molar-refractivity contribution < 1.29 is 13.2 Å². The summed E-state index contributed by atoms with van der Waals surface area (Å²) in [6.07, 6.45) is -0.982. The number of piperidine rings is 1. The Morgan fingerprint density at radius 3 is 2.81 bits per heavy atom. The minimum Gasteiger partial charge on any atom is -0.355 e. The lowest BCUT2D eigenvalue weighted by molar-refractivity contribution is -0.126. The Kier molecular flexibility index (Phi) is 5.21. The number of H-pyrrole nitrogens is 1. The highest BCUT2D eigenvalue weighted by molar-refractivity contribution is 7.18. The minimum atomic E-state index is -4.23. The maximum Gasteiger partial charge on any atom is 0.393 e. The molecule has 2 fully saturated rings. The summed E-state index contributed by atoms with van der Waals surface area (Å²) in [5.41, 5.74) is 0.915. The molecule has 31 heavy (non-hydrogen) atoms. The summed E-state index contributed by atoms with van der Waals surface area (Å²) < 4.78 is 38.5. The van der Waals surface area contributed by atoms with Gasteiger partial charge in [-0.05, 0) is 42.5 Å². The monoisotopic (exact) mass is 449 g/mol. The number of halogens is 3. The summed E-state index contributed by atoms with van der Waals surface area (Å²) in [6.45, 7) is 4.34. The van der Waals surface area contributed by atoms with Gasteiger partial charge in [0.05, 0.1) is 11.8 Å². The van der Waals surface area contributed by atoms with E-state index in [9.17, 15) is 18.0 Å². The van der Waals surface area contributed by atoms with E-state index in [-0.39, 0.29) is 10.4 Å². The van der Waals surface area contributed by atoms with Crippen molar-refractivity contribution in [2.24, 2.45) is 11.8 Å². The summed E-state index contributed by atoms with van der Waals surface area (Å²) in [4.78, 5) is 28.3. The van der Waals surface area contributed by atoms with Gasteiger partial charge in [0.15, 0.2) is 0 Å². The number of aromatic nitrogens is 3. The van der Waals surface area contributed by atoms with E-state index in [1.807, 2.05) is 6.07 Å². The molecule has 3 aromatic heterocycles. The fourth-order valence-electron chi connectivity index (χ4n) is 4.84. The smallest absolute Gasteiger partial charge is 0.355 e. The van der Waals surface area contributed by atoms with Crippen LogP contribution in [0.2, 0.25) is 0 Å². The maximum absolute atomic E-state index is 12.8. The van der Waals surface area contributed by atoms with E-state index in [2.05, 4.69) is 24.8 Å². The zero-order valence-corrected chi connectivity index (χ0v) is 17.5. The fourth-order valence-corrected chi connectivity index (χ4v) is 5.86. The predicted molar refractivity (Wildman–Crippen MR) is 113 cm³/mol. The number of pyridine rings is 1. The van der Waals surface area contributed by atoms with Crippen molar-refractivity contribution in [3.63, 3.8) is 0 Å². The molecule has 0 bridgehead atoms. The molecule has 0 radical (unpaired) electrons. The lowest BCUT2D eigenvalue weighted by atomic mass is 9.88. The first-order chi connectivity index (χ1) is 14.8. The van der Waals surface area contributed by atoms with Crippen molar-refractivity contribution in [2.75, 3.05) is 31.1 Å². The lowest BCUT2D eigenvalue weighted by Gasteiger charge is -2.34. The lowest BCUT2D eigenvalue weighted by Crippen LogP contribution is -2.39. The van der Waals surface area contributed by atoms with Gasteiger partial charge in [-0.1, -0.05) is 0 Å². The number of fused-ring (bicyclic) bond motifs is 2. The van der Waals surface area contributed by atoms with E-state index >= 15 is 0 Å². The molecule has 2 saturated heterocycles. The number of nitrogens with zero attached hydrogens (tertiary/aromatic N) is 4. The Morgan fingerprint density at radius 2 is 2.00 bits per heavy atom. The first kappa shape index (κ1) is 20.4. The second kappa shape index (κ2) is 7.90. The molecule has 5 heterocycles. The number of nitrogens with one attached hydrogen (secondary N) is 1. The second-order valence-electron chi connectivity index (χ2n) is 8.43. The van der Waals surface area contributed by atoms with Gasteiger partial charge in [-0.3, -0.25) is 9.69 Å². The Hall–Kier alpha value is -2.46. The van der Waals surface area contributed by atoms with Crippen molar-refractivity contribution in [1.29, 1.82) is 0 Å². The molecule has 0 spiro atoms. The van der Waals surface area contributed by atoms with Crippen LogP contribution in [0.5, 0.6) is 0 Å². The molecule has 2 atom stereocenters. The van der Waals surface area contributed by atoms with Crippen LogP contribution in [0.4, 0.5) is 19.0 Å². The number of hydrogen-bond acceptors (Lipinski definition) is 6. The predicted octanol–water partition coefficient (Wildman–Crippen LogP) is 3.44. The average Bonchev–Trinajstić information content (AvgIpc) is 3.29. The minimum absolute atomic E-state index is 0.0899. The molecule has 164 valence electrons. The molecule has 2 aliphatic rings. The second-order valence-corrected chi connectivity index (χ2v) is 9.55. The van der Waals surface area contributed by atoms with Crippen LogP contribution in [0.1, 0.15) is 16.9 Å². The summed E-state index contributed by atoms with van der Waals surface area (Å²) >= 11 is 1.09. The topological polar surface area (TPSA) is 65.1 Å². The third kappa shape index (κ3) is 4.45. The summed E-state index contributed by atoms with van der Waals surface area (Å²) in [5.74, 6) is 1.74. The van der Waals surface area contributed by atoms with E-state index in [0.29, 0.717) is 22.1 Å². The van der Waals surface area contributed by atoms with Gasteiger partial charge in [0, 0.05) is 43.3 Å². The van der Waals surface area contributed by atoms with Crippen LogP contribution in [-0.4, -0.2) is 52.2 Å². The van der Waals surface area contributed by atoms with Crippen LogP contribution >= 0.6 is 11.3 Å². The van der Waals surface area contributed by atoms with E-state index < -0.39 is 12.6 Å². The van der Waals surface area contributed by atoms with Crippen LogP contribution in [0.3, 0.4) is 0 Å². The highest BCUT2D eigenvalue weighted by Crippen LogP contribution is 2.38. The van der Waals surface area contributed by atoms with Crippen molar-refractivity contribution in [2.45, 2.75) is 25.6 Å². The average molecular weight is 450 g/mol. The third-order valence-electron chi connectivity index (χ3n) is 6.16. The molecule has 0 amide bonds. The number of alkyl halides is 3. The van der Waals surface area contributed by atoms with E-state index in [1.165, 1.54) is 6.33 Å². The molecule has 0 saturated carbocycles. The first-order valence-electron chi connectivity index (χ1n) is 10.3. The first-order valence-corrected chi connectivity index (χ1v) is 11.1. The van der Waals surface area contributed by atoms with Crippen LogP contribution < -0.4 is 10.5 Å². The van der Waals surface area contributed by atoms with Gasteiger partial charge in [-0.15, -0.1) is 11.3 Å². The van der Waals surface area contributed by atoms with Crippen molar-refractivity contribution in [3.8, 4) is 0 Å². The quantitative estimate of drug-likeness (QED) is 0.661. The number of rotatable bonds is 4. The Balaban J connectivity index is 1.31. The fraction of sp³-hybridized carbons (Fsp3) is 0.476. The number of likely N-dealkylation sites (tertiary alicyclic amines) is 1. The normalized spacial score (nSPS) is 22.2. The van der Waals surface area contributed by atoms with E-state index in [4.69, 9.17) is 0 Å². The van der Waals surface area contributed by atoms with Gasteiger partial charge >= 0.3 is 6.18 Å². The molecule has 0 aromatic carbocycles. The van der Waals surface area contributed by atoms with Crippen LogP contribution in [0, 0.1) is 11.8 Å².